The van der Waals surface area contributed by atoms with E-state index in [9.17, 15) is 4.79 Å². The van der Waals surface area contributed by atoms with E-state index in [0.717, 1.165) is 21.5 Å². The predicted molar refractivity (Wildman–Crippen MR) is 60.8 cm³/mol. The van der Waals surface area contributed by atoms with Crippen LogP contribution >= 0.6 is 15.9 Å². The first-order chi connectivity index (χ1) is 7.68. The van der Waals surface area contributed by atoms with Gasteiger partial charge in [0.25, 0.3) is 0 Å². The molecule has 1 aromatic rings. The van der Waals surface area contributed by atoms with Crippen LogP contribution in [0, 0.1) is 0 Å². The molecule has 16 heavy (non-hydrogen) atoms. The molecule has 0 bridgehead atoms. The van der Waals surface area contributed by atoms with Crippen LogP contribution in [0.2, 0.25) is 0 Å². The Morgan fingerprint density at radius 2 is 2.25 bits per heavy atom. The smallest absolute Gasteiger partial charge is 0.303 e. The largest absolute Gasteiger partial charge is 0.481 e. The fraction of sp³-hybridized carbons (Fsp3) is 0.364. The summed E-state index contributed by atoms with van der Waals surface area (Å²) >= 11 is 3.43. The maximum absolute atomic E-state index is 10.4. The number of fused-ring (bicyclic) bond motifs is 1. The molecule has 5 heteroatoms. The standard InChI is InChI=1S/C11H11BrO4/c12-8-4-5-9-11(16-6-15-9)7(8)2-1-3-10(13)14/h4-5H,1-3,6H2,(H,13,14). The van der Waals surface area contributed by atoms with Crippen LogP contribution in [0.3, 0.4) is 0 Å². The fourth-order valence-corrected chi connectivity index (χ4v) is 2.17. The molecule has 2 rings (SSSR count). The van der Waals surface area contributed by atoms with E-state index in [4.69, 9.17) is 14.6 Å². The van der Waals surface area contributed by atoms with Crippen LogP contribution in [0.1, 0.15) is 18.4 Å². The lowest BCUT2D eigenvalue weighted by Crippen LogP contribution is -1.98. The Kier molecular flexibility index (Phi) is 3.33. The van der Waals surface area contributed by atoms with Gasteiger partial charge < -0.3 is 14.6 Å². The third kappa shape index (κ3) is 2.29. The molecule has 0 aliphatic carbocycles. The van der Waals surface area contributed by atoms with Crippen LogP contribution in [-0.2, 0) is 11.2 Å². The molecule has 0 fully saturated rings. The Labute approximate surface area is 101 Å². The zero-order valence-electron chi connectivity index (χ0n) is 8.53. The Morgan fingerprint density at radius 3 is 3.00 bits per heavy atom. The van der Waals surface area contributed by atoms with Crippen LogP contribution in [0.15, 0.2) is 16.6 Å². The molecular formula is C11H11BrO4. The average molecular weight is 287 g/mol. The maximum Gasteiger partial charge on any atom is 0.303 e. The van der Waals surface area contributed by atoms with Gasteiger partial charge in [-0.25, -0.2) is 0 Å². The average Bonchev–Trinajstić information content (AvgIpc) is 2.69. The van der Waals surface area contributed by atoms with Crippen molar-refractivity contribution in [3.8, 4) is 11.5 Å². The first-order valence-electron chi connectivity index (χ1n) is 4.97. The quantitative estimate of drug-likeness (QED) is 0.924. The number of ether oxygens (including phenoxy) is 2. The van der Waals surface area contributed by atoms with Crippen molar-refractivity contribution in [1.82, 2.24) is 0 Å². The van der Waals surface area contributed by atoms with E-state index in [0.29, 0.717) is 12.8 Å². The number of rotatable bonds is 4. The summed E-state index contributed by atoms with van der Waals surface area (Å²) < 4.78 is 11.6. The van der Waals surface area contributed by atoms with Gasteiger partial charge in [0.05, 0.1) is 0 Å². The molecule has 1 N–H and O–H groups in total. The fourth-order valence-electron chi connectivity index (χ4n) is 1.66. The van der Waals surface area contributed by atoms with Crippen molar-refractivity contribution in [2.24, 2.45) is 0 Å². The third-order valence-electron chi connectivity index (χ3n) is 2.40. The van der Waals surface area contributed by atoms with Gasteiger partial charge >= 0.3 is 5.97 Å². The lowest BCUT2D eigenvalue weighted by Gasteiger charge is -2.07. The van der Waals surface area contributed by atoms with Crippen LogP contribution in [0.5, 0.6) is 11.5 Å². The monoisotopic (exact) mass is 286 g/mol. The van der Waals surface area contributed by atoms with Crippen molar-refractivity contribution in [3.05, 3.63) is 22.2 Å². The topological polar surface area (TPSA) is 55.8 Å². The maximum atomic E-state index is 10.4. The van der Waals surface area contributed by atoms with Gasteiger partial charge in [-0.2, -0.15) is 0 Å². The minimum atomic E-state index is -0.777. The second kappa shape index (κ2) is 4.74. The van der Waals surface area contributed by atoms with Gasteiger partial charge in [-0.3, -0.25) is 4.79 Å². The molecule has 0 aromatic heterocycles. The van der Waals surface area contributed by atoms with Crippen LogP contribution < -0.4 is 9.47 Å². The Morgan fingerprint density at radius 1 is 1.44 bits per heavy atom. The van der Waals surface area contributed by atoms with E-state index in [1.807, 2.05) is 12.1 Å². The number of carbonyl (C=O) groups is 1. The zero-order chi connectivity index (χ0) is 11.5. The van der Waals surface area contributed by atoms with Crippen LogP contribution in [0.4, 0.5) is 0 Å². The van der Waals surface area contributed by atoms with Gasteiger partial charge in [0.15, 0.2) is 11.5 Å². The van der Waals surface area contributed by atoms with E-state index in [-0.39, 0.29) is 13.2 Å². The molecule has 0 amide bonds. The molecule has 1 aliphatic heterocycles. The first kappa shape index (κ1) is 11.3. The molecule has 0 spiro atoms. The second-order valence-corrected chi connectivity index (χ2v) is 4.36. The molecular weight excluding hydrogens is 276 g/mol. The zero-order valence-corrected chi connectivity index (χ0v) is 10.1. The summed E-state index contributed by atoms with van der Waals surface area (Å²) in [7, 11) is 0. The lowest BCUT2D eigenvalue weighted by molar-refractivity contribution is -0.137. The normalized spacial score (nSPS) is 12.8. The summed E-state index contributed by atoms with van der Waals surface area (Å²) in [5.41, 5.74) is 0.983. The minimum absolute atomic E-state index is 0.164. The summed E-state index contributed by atoms with van der Waals surface area (Å²) in [5.74, 6) is 0.689. The summed E-state index contributed by atoms with van der Waals surface area (Å²) in [6, 6.07) is 3.73. The molecule has 0 saturated carbocycles. The highest BCUT2D eigenvalue weighted by Crippen LogP contribution is 2.40. The van der Waals surface area contributed by atoms with Crippen molar-refractivity contribution < 1.29 is 19.4 Å². The SMILES string of the molecule is O=C(O)CCCc1c(Br)ccc2c1OCO2. The third-order valence-corrected chi connectivity index (χ3v) is 3.15. The van der Waals surface area contributed by atoms with Gasteiger partial charge in [-0.05, 0) is 25.0 Å². The molecule has 0 atom stereocenters. The number of benzene rings is 1. The van der Waals surface area contributed by atoms with Crippen molar-refractivity contribution in [3.63, 3.8) is 0 Å². The Balaban J connectivity index is 2.13. The number of hydrogen-bond acceptors (Lipinski definition) is 3. The number of carboxylic acids is 1. The molecule has 86 valence electrons. The Hall–Kier alpha value is -1.23. The van der Waals surface area contributed by atoms with E-state index >= 15 is 0 Å². The van der Waals surface area contributed by atoms with Gasteiger partial charge in [-0.1, -0.05) is 15.9 Å². The Bertz CT molecular complexity index is 417. The van der Waals surface area contributed by atoms with Crippen LogP contribution in [0.25, 0.3) is 0 Å². The van der Waals surface area contributed by atoms with E-state index in [2.05, 4.69) is 15.9 Å². The molecule has 0 unspecified atom stereocenters. The van der Waals surface area contributed by atoms with Gasteiger partial charge in [0.2, 0.25) is 6.79 Å². The summed E-state index contributed by atoms with van der Waals surface area (Å²) in [5, 5.41) is 8.59. The van der Waals surface area contributed by atoms with Crippen molar-refractivity contribution >= 4 is 21.9 Å². The van der Waals surface area contributed by atoms with Crippen molar-refractivity contribution in [2.45, 2.75) is 19.3 Å². The molecule has 0 radical (unpaired) electrons. The molecule has 1 aromatic carbocycles. The van der Waals surface area contributed by atoms with E-state index in [1.54, 1.807) is 0 Å². The summed E-state index contributed by atoms with van der Waals surface area (Å²) in [4.78, 5) is 10.4. The van der Waals surface area contributed by atoms with Crippen LogP contribution in [-0.4, -0.2) is 17.9 Å². The van der Waals surface area contributed by atoms with E-state index < -0.39 is 5.97 Å². The lowest BCUT2D eigenvalue weighted by atomic mass is 10.1. The first-order valence-corrected chi connectivity index (χ1v) is 5.76. The molecule has 0 saturated heterocycles. The number of aliphatic carboxylic acids is 1. The highest BCUT2D eigenvalue weighted by atomic mass is 79.9. The highest BCUT2D eigenvalue weighted by Gasteiger charge is 2.19. The minimum Gasteiger partial charge on any atom is -0.481 e. The van der Waals surface area contributed by atoms with Gasteiger partial charge in [-0.15, -0.1) is 0 Å². The predicted octanol–water partition coefficient (Wildman–Crippen LogP) is 2.59. The highest BCUT2D eigenvalue weighted by molar-refractivity contribution is 9.10. The van der Waals surface area contributed by atoms with Crippen molar-refractivity contribution in [2.75, 3.05) is 6.79 Å². The van der Waals surface area contributed by atoms with Crippen molar-refractivity contribution in [1.29, 1.82) is 0 Å². The summed E-state index contributed by atoms with van der Waals surface area (Å²) in [6.07, 6.45) is 1.42. The number of halogens is 1. The number of carboxylic acid groups (broad SMARTS) is 1. The molecule has 1 aliphatic rings. The van der Waals surface area contributed by atoms with E-state index in [1.165, 1.54) is 0 Å². The second-order valence-electron chi connectivity index (χ2n) is 3.51. The van der Waals surface area contributed by atoms with Gasteiger partial charge in [0, 0.05) is 16.5 Å². The molecule has 4 nitrogen and oxygen atoms in total. The number of hydrogen-bond donors (Lipinski definition) is 1. The van der Waals surface area contributed by atoms with Gasteiger partial charge in [0.1, 0.15) is 0 Å². The summed E-state index contributed by atoms with van der Waals surface area (Å²) in [6.45, 7) is 0.234. The molecule has 1 heterocycles.